The molecule has 0 aliphatic carbocycles. The number of aromatic nitrogens is 16. The molecular weight excluding hydrogens is 2450 g/mol. The van der Waals surface area contributed by atoms with Crippen LogP contribution in [0.2, 0.25) is 0 Å². The first-order valence-corrected chi connectivity index (χ1v) is 38.9. The monoisotopic (exact) mass is 2510 g/mol. The SMILES string of the molecule is Cn1ccnc1C=NCCN=Cc1nccn1C.Cn1ccnc1C=NCCN=Cc1nccn1C.Cn1ccnc1C=NCCN=Cc1nccn1C.Cn1ccnc1C=NCCN=Cc1nccn1C.O=S(=O)([O-])C(F)(F)F.O=S(=O)([O-])C(F)(F)F.O=S(=O)([O-])C(F)(F)F.O=S(=O)([O-])C(F)(F)F.O=S(=O)([O-])C(F)(F)F.O=S(=O)([O-])C(F)(F)F.[Ag+].[Ag+].[Ag+].[Ag+].[Ag+].[Ag+]. The maximum absolute atomic E-state index is 10.7. The minimum Gasteiger partial charge on any atom is -0.741 e. The maximum atomic E-state index is 10.7. The molecule has 0 atom stereocenters. The molecule has 8 aromatic heterocycles. The van der Waals surface area contributed by atoms with Gasteiger partial charge < -0.3 is 63.9 Å². The van der Waals surface area contributed by atoms with Crippen LogP contribution in [0.5, 0.6) is 0 Å². The van der Waals surface area contributed by atoms with Crippen LogP contribution in [0.4, 0.5) is 79.0 Å². The Morgan fingerprint density at radius 3 is 0.341 bits per heavy atom. The number of alkyl halides is 18. The van der Waals surface area contributed by atoms with E-state index in [2.05, 4.69) is 79.8 Å². The summed E-state index contributed by atoms with van der Waals surface area (Å²) in [4.78, 5) is 67.3. The number of nitrogens with zero attached hydrogens (tertiary/aromatic N) is 24. The Kier molecular flexibility index (Phi) is 67.4. The predicted molar refractivity (Wildman–Crippen MR) is 380 cm³/mol. The summed E-state index contributed by atoms with van der Waals surface area (Å²) >= 11 is 0. The van der Waals surface area contributed by atoms with Crippen molar-refractivity contribution in [2.24, 2.45) is 96.3 Å². The smallest absolute Gasteiger partial charge is 0.741 e. The van der Waals surface area contributed by atoms with Crippen molar-refractivity contribution in [3.05, 3.63) is 146 Å². The second kappa shape index (κ2) is 62.9. The van der Waals surface area contributed by atoms with E-state index in [1.54, 1.807) is 99.3 Å². The molecule has 0 aliphatic heterocycles. The first-order valence-electron chi connectivity index (χ1n) is 30.5. The number of halogens is 18. The topological polar surface area (TPSA) is 585 Å². The fourth-order valence-electron chi connectivity index (χ4n) is 5.64. The summed E-state index contributed by atoms with van der Waals surface area (Å²) in [5, 5.41) is 0. The molecule has 8 aromatic rings. The average molecular weight is 2520 g/mol. The molecule has 72 heteroatoms. The summed E-state index contributed by atoms with van der Waals surface area (Å²) in [6.07, 6.45) is 43.2. The fraction of sp³-hybridized carbons (Fsp3) is 0.407. The van der Waals surface area contributed by atoms with Gasteiger partial charge in [0.15, 0.2) is 60.7 Å². The molecular formula is C54H64Ag6F18N24O18S6. The van der Waals surface area contributed by atoms with Crippen LogP contribution in [-0.2, 0) is 251 Å². The molecule has 0 radical (unpaired) electrons. The van der Waals surface area contributed by atoms with E-state index in [9.17, 15) is 79.0 Å². The van der Waals surface area contributed by atoms with Crippen molar-refractivity contribution in [2.45, 2.75) is 33.0 Å². The minimum atomic E-state index is -6.09. The summed E-state index contributed by atoms with van der Waals surface area (Å²) in [6, 6.07) is 0. The third-order valence-electron chi connectivity index (χ3n) is 11.7. The van der Waals surface area contributed by atoms with Crippen LogP contribution in [-0.4, -0.2) is 289 Å². The van der Waals surface area contributed by atoms with Gasteiger partial charge in [0.2, 0.25) is 0 Å². The van der Waals surface area contributed by atoms with E-state index in [0.717, 1.165) is 46.6 Å². The van der Waals surface area contributed by atoms with E-state index in [1.807, 2.05) is 142 Å². The van der Waals surface area contributed by atoms with E-state index >= 15 is 0 Å². The van der Waals surface area contributed by atoms with Crippen molar-refractivity contribution in [2.75, 3.05) is 52.4 Å². The number of rotatable bonds is 20. The second-order valence-corrected chi connectivity index (χ2v) is 29.1. The maximum Gasteiger partial charge on any atom is 1.00 e. The van der Waals surface area contributed by atoms with Gasteiger partial charge in [-0.25, -0.2) is 90.4 Å². The van der Waals surface area contributed by atoms with Gasteiger partial charge in [0.25, 0.3) is 0 Å². The largest absolute Gasteiger partial charge is 1.00 e. The van der Waals surface area contributed by atoms with Gasteiger partial charge in [-0.3, -0.25) is 39.9 Å². The van der Waals surface area contributed by atoms with E-state index in [4.69, 9.17) is 77.8 Å². The van der Waals surface area contributed by atoms with Gasteiger partial charge in [-0.1, -0.05) is 0 Å². The van der Waals surface area contributed by atoms with Crippen molar-refractivity contribution < 1.29 is 291 Å². The molecule has 0 N–H and O–H groups in total. The van der Waals surface area contributed by atoms with Gasteiger partial charge in [0.05, 0.1) is 102 Å². The molecule has 0 amide bonds. The number of aryl methyl sites for hydroxylation is 8. The summed E-state index contributed by atoms with van der Waals surface area (Å²) in [6.45, 7) is 5.17. The Balaban J connectivity index is -0.000000208. The van der Waals surface area contributed by atoms with Crippen LogP contribution in [0.25, 0.3) is 0 Å². The molecule has 0 aromatic carbocycles. The zero-order valence-electron chi connectivity index (χ0n) is 63.7. The van der Waals surface area contributed by atoms with Gasteiger partial charge in [-0.15, -0.1) is 0 Å². The predicted octanol–water partition coefficient (Wildman–Crippen LogP) is 3.06. The summed E-state index contributed by atoms with van der Waals surface area (Å²) in [7, 11) is -21.0. The van der Waals surface area contributed by atoms with Gasteiger partial charge in [0, 0.05) is 156 Å². The second-order valence-electron chi connectivity index (χ2n) is 20.9. The van der Waals surface area contributed by atoms with Crippen molar-refractivity contribution in [1.29, 1.82) is 0 Å². The molecule has 8 rings (SSSR count). The molecule has 736 valence electrons. The van der Waals surface area contributed by atoms with Gasteiger partial charge in [-0.2, -0.15) is 79.0 Å². The van der Waals surface area contributed by atoms with Crippen molar-refractivity contribution >= 4 is 110 Å². The Labute approximate surface area is 798 Å². The van der Waals surface area contributed by atoms with Crippen LogP contribution >= 0.6 is 0 Å². The van der Waals surface area contributed by atoms with Crippen molar-refractivity contribution in [1.82, 2.24) is 76.4 Å². The molecule has 0 bridgehead atoms. The molecule has 0 aliphatic rings. The first-order chi connectivity index (χ1) is 54.6. The number of aliphatic imine (C=N–C) groups is 8. The summed E-state index contributed by atoms with van der Waals surface area (Å²) < 4.78 is 369. The molecule has 126 heavy (non-hydrogen) atoms. The molecule has 0 spiro atoms. The number of hydrogen-bond donors (Lipinski definition) is 0. The molecule has 0 unspecified atom stereocenters. The van der Waals surface area contributed by atoms with E-state index in [1.165, 1.54) is 0 Å². The van der Waals surface area contributed by atoms with Gasteiger partial charge >= 0.3 is 167 Å². The molecule has 42 nitrogen and oxygen atoms in total. The third kappa shape index (κ3) is 59.8. The van der Waals surface area contributed by atoms with Crippen LogP contribution in [0.15, 0.2) is 139 Å². The quantitative estimate of drug-likeness (QED) is 0.0264. The third-order valence-corrected chi connectivity index (χ3v) is 15.1. The van der Waals surface area contributed by atoms with E-state index in [0.29, 0.717) is 52.4 Å². The summed E-state index contributed by atoms with van der Waals surface area (Å²) in [5.74, 6) is 6.80. The summed E-state index contributed by atoms with van der Waals surface area (Å²) in [5.41, 5.74) is -33.9. The normalized spacial score (nSPS) is 12.1. The Morgan fingerprint density at radius 2 is 0.294 bits per heavy atom. The Morgan fingerprint density at radius 1 is 0.222 bits per heavy atom. The minimum absolute atomic E-state index is 0. The molecule has 0 saturated heterocycles. The molecule has 0 saturated carbocycles. The molecule has 8 heterocycles. The fourth-order valence-corrected chi connectivity index (χ4v) is 5.64. The van der Waals surface area contributed by atoms with Crippen LogP contribution < -0.4 is 0 Å². The van der Waals surface area contributed by atoms with Crippen LogP contribution in [0.1, 0.15) is 46.6 Å². The standard InChI is InChI=1S/4C12H16N6.6CHF3O3S.6Ag/c4*1-17-7-5-15-11(17)9-13-3-4-14-10-12-16-6-8-18(12)2;6*2-1(3,4)8(5,6)7;;;;;;/h4*5-10H,3-4H2,1-2H3;6*(H,5,6,7);;;;;;/q;;;;;;;;;;6*+1/p-6. The first kappa shape index (κ1) is 135. The van der Waals surface area contributed by atoms with Gasteiger partial charge in [0.1, 0.15) is 46.6 Å². The van der Waals surface area contributed by atoms with Crippen molar-refractivity contribution in [3.63, 3.8) is 0 Å². The van der Waals surface area contributed by atoms with Gasteiger partial charge in [-0.05, 0) is 0 Å². The van der Waals surface area contributed by atoms with Crippen LogP contribution in [0.3, 0.4) is 0 Å². The zero-order valence-corrected chi connectivity index (χ0v) is 77.4. The number of imidazole rings is 8. The Bertz CT molecular complexity index is 4450. The van der Waals surface area contributed by atoms with Crippen molar-refractivity contribution in [3.8, 4) is 0 Å². The Hall–Kier alpha value is -6.32. The number of hydrogen-bond acceptors (Lipinski definition) is 34. The average Bonchev–Trinajstić information content (AvgIpc) is 1.89. The molecule has 0 fully saturated rings. The van der Waals surface area contributed by atoms with E-state index < -0.39 is 93.8 Å². The van der Waals surface area contributed by atoms with Crippen LogP contribution in [0, 0.1) is 0 Å². The van der Waals surface area contributed by atoms with E-state index in [-0.39, 0.29) is 134 Å². The zero-order chi connectivity index (χ0) is 93.2.